The zero-order valence-corrected chi connectivity index (χ0v) is 9.84. The van der Waals surface area contributed by atoms with Crippen LogP contribution in [-0.4, -0.2) is 13.1 Å². The van der Waals surface area contributed by atoms with Crippen LogP contribution in [0.25, 0.3) is 0 Å². The van der Waals surface area contributed by atoms with Gasteiger partial charge >= 0.3 is 5.97 Å². The zero-order valence-electron chi connectivity index (χ0n) is 9.84. The summed E-state index contributed by atoms with van der Waals surface area (Å²) >= 11 is 0. The van der Waals surface area contributed by atoms with Gasteiger partial charge in [-0.25, -0.2) is 0 Å². The Labute approximate surface area is 98.1 Å². The highest BCUT2D eigenvalue weighted by atomic mass is 16.5. The predicted octanol–water partition coefficient (Wildman–Crippen LogP) is 2.69. The van der Waals surface area contributed by atoms with Gasteiger partial charge < -0.3 is 4.74 Å². The van der Waals surface area contributed by atoms with E-state index >= 15 is 0 Å². The molecule has 0 aliphatic heterocycles. The van der Waals surface area contributed by atoms with Crippen molar-refractivity contribution in [2.45, 2.75) is 38.5 Å². The van der Waals surface area contributed by atoms with Crippen molar-refractivity contribution in [3.8, 4) is 23.7 Å². The Morgan fingerprint density at radius 1 is 1.25 bits per heavy atom. The molecular formula is C14H18O2. The summed E-state index contributed by atoms with van der Waals surface area (Å²) in [7, 11) is 1.39. The molecule has 0 N–H and O–H groups in total. The number of carbonyl (C=O) groups is 1. The van der Waals surface area contributed by atoms with Crippen LogP contribution in [0.5, 0.6) is 0 Å². The van der Waals surface area contributed by atoms with Gasteiger partial charge in [-0.3, -0.25) is 4.79 Å². The predicted molar refractivity (Wildman–Crippen MR) is 65.5 cm³/mol. The number of allylic oxidation sites excluding steroid dienone is 1. The summed E-state index contributed by atoms with van der Waals surface area (Å²) in [4.78, 5) is 10.7. The number of methoxy groups -OCH3 is 1. The fourth-order valence-electron chi connectivity index (χ4n) is 0.971. The Balaban J connectivity index is 3.46. The largest absolute Gasteiger partial charge is 0.469 e. The minimum atomic E-state index is -0.183. The topological polar surface area (TPSA) is 26.3 Å². The molecule has 0 heterocycles. The fourth-order valence-corrected chi connectivity index (χ4v) is 0.971. The summed E-state index contributed by atoms with van der Waals surface area (Å²) in [6.07, 6.45) is 6.65. The third kappa shape index (κ3) is 10.4. The highest BCUT2D eigenvalue weighted by Crippen LogP contribution is 1.95. The summed E-state index contributed by atoms with van der Waals surface area (Å²) in [6.45, 7) is 3.64. The molecule has 0 saturated heterocycles. The zero-order chi connectivity index (χ0) is 12.1. The normalized spacial score (nSPS) is 8.06. The van der Waals surface area contributed by atoms with Crippen LogP contribution in [0.1, 0.15) is 38.5 Å². The van der Waals surface area contributed by atoms with E-state index in [1.165, 1.54) is 7.11 Å². The molecule has 0 bridgehead atoms. The van der Waals surface area contributed by atoms with Crippen molar-refractivity contribution in [1.29, 1.82) is 0 Å². The van der Waals surface area contributed by atoms with Crippen LogP contribution in [-0.2, 0) is 9.53 Å². The molecule has 0 radical (unpaired) electrons. The second kappa shape index (κ2) is 11.4. The molecule has 0 aliphatic carbocycles. The highest BCUT2D eigenvalue weighted by molar-refractivity contribution is 5.69. The average molecular weight is 218 g/mol. The Morgan fingerprint density at radius 3 is 2.44 bits per heavy atom. The lowest BCUT2D eigenvalue weighted by Crippen LogP contribution is -1.98. The number of carbonyl (C=O) groups excluding carboxylic acids is 1. The third-order valence-electron chi connectivity index (χ3n) is 1.86. The van der Waals surface area contributed by atoms with E-state index in [9.17, 15) is 4.79 Å². The van der Waals surface area contributed by atoms with Gasteiger partial charge in [-0.2, -0.15) is 0 Å². The van der Waals surface area contributed by atoms with Crippen LogP contribution >= 0.6 is 0 Å². The van der Waals surface area contributed by atoms with E-state index < -0.39 is 0 Å². The van der Waals surface area contributed by atoms with Crippen molar-refractivity contribution in [3.05, 3.63) is 12.7 Å². The van der Waals surface area contributed by atoms with Crippen LogP contribution in [0.15, 0.2) is 12.7 Å². The monoisotopic (exact) mass is 218 g/mol. The molecule has 0 atom stereocenters. The van der Waals surface area contributed by atoms with Crippen LogP contribution in [0, 0.1) is 23.7 Å². The molecule has 2 heteroatoms. The van der Waals surface area contributed by atoms with E-state index in [-0.39, 0.29) is 5.97 Å². The van der Waals surface area contributed by atoms with Crippen molar-refractivity contribution in [3.63, 3.8) is 0 Å². The quantitative estimate of drug-likeness (QED) is 0.296. The van der Waals surface area contributed by atoms with Gasteiger partial charge in [0.1, 0.15) is 0 Å². The summed E-state index contributed by atoms with van der Waals surface area (Å²) in [5.41, 5.74) is 0. The first kappa shape index (κ1) is 14.3. The van der Waals surface area contributed by atoms with Crippen molar-refractivity contribution in [1.82, 2.24) is 0 Å². The summed E-state index contributed by atoms with van der Waals surface area (Å²) in [6, 6.07) is 0. The van der Waals surface area contributed by atoms with Gasteiger partial charge in [-0.1, -0.05) is 17.9 Å². The molecule has 0 aromatic carbocycles. The molecule has 0 saturated carbocycles. The lowest BCUT2D eigenvalue weighted by Gasteiger charge is -1.93. The Morgan fingerprint density at radius 2 is 1.88 bits per heavy atom. The molecule has 0 aromatic heterocycles. The van der Waals surface area contributed by atoms with Crippen molar-refractivity contribution < 1.29 is 9.53 Å². The van der Waals surface area contributed by atoms with E-state index in [2.05, 4.69) is 35.0 Å². The molecular weight excluding hydrogens is 200 g/mol. The molecule has 86 valence electrons. The number of esters is 1. The number of rotatable bonds is 6. The van der Waals surface area contributed by atoms with Gasteiger partial charge in [-0.05, 0) is 31.1 Å². The summed E-state index contributed by atoms with van der Waals surface area (Å²) in [5, 5.41) is 0. The third-order valence-corrected chi connectivity index (χ3v) is 1.86. The second-order valence-corrected chi connectivity index (χ2v) is 3.21. The Kier molecular flexibility index (Phi) is 10.2. The van der Waals surface area contributed by atoms with E-state index in [1.54, 1.807) is 0 Å². The lowest BCUT2D eigenvalue weighted by molar-refractivity contribution is -0.140. The van der Waals surface area contributed by atoms with Crippen molar-refractivity contribution in [2.24, 2.45) is 0 Å². The number of ether oxygens (including phenoxy) is 1. The molecule has 0 aliphatic rings. The SMILES string of the molecule is C=CCCCC#CC#CCCCC(=O)OC. The van der Waals surface area contributed by atoms with Gasteiger partial charge in [0.25, 0.3) is 0 Å². The first-order chi connectivity index (χ1) is 7.81. The van der Waals surface area contributed by atoms with Crippen LogP contribution in [0.2, 0.25) is 0 Å². The van der Waals surface area contributed by atoms with Gasteiger partial charge in [0.15, 0.2) is 0 Å². The summed E-state index contributed by atoms with van der Waals surface area (Å²) < 4.78 is 4.51. The maximum atomic E-state index is 10.7. The average Bonchev–Trinajstić information content (AvgIpc) is 2.31. The Bertz CT molecular complexity index is 320. The fraction of sp³-hybridized carbons (Fsp3) is 0.500. The molecule has 16 heavy (non-hydrogen) atoms. The number of unbranched alkanes of at least 4 members (excludes halogenated alkanes) is 3. The van der Waals surface area contributed by atoms with E-state index in [0.717, 1.165) is 25.7 Å². The molecule has 0 rings (SSSR count). The first-order valence-corrected chi connectivity index (χ1v) is 5.44. The number of hydrogen-bond donors (Lipinski definition) is 0. The second-order valence-electron chi connectivity index (χ2n) is 3.21. The molecule has 0 aromatic rings. The minimum Gasteiger partial charge on any atom is -0.469 e. The van der Waals surface area contributed by atoms with E-state index in [0.29, 0.717) is 12.8 Å². The Hall–Kier alpha value is -1.67. The molecule has 2 nitrogen and oxygen atoms in total. The maximum absolute atomic E-state index is 10.7. The standard InChI is InChI=1S/C14H18O2/c1-3-4-5-6-7-8-9-10-11-12-13-14(15)16-2/h3H,1,4-6,11-13H2,2H3. The highest BCUT2D eigenvalue weighted by Gasteiger charge is 1.96. The maximum Gasteiger partial charge on any atom is 0.305 e. The first-order valence-electron chi connectivity index (χ1n) is 5.44. The lowest BCUT2D eigenvalue weighted by atomic mass is 10.2. The molecule has 0 amide bonds. The van der Waals surface area contributed by atoms with Gasteiger partial charge in [-0.15, -0.1) is 6.58 Å². The van der Waals surface area contributed by atoms with E-state index in [1.807, 2.05) is 6.08 Å². The summed E-state index contributed by atoms with van der Waals surface area (Å²) in [5.74, 6) is 11.2. The van der Waals surface area contributed by atoms with Crippen molar-refractivity contribution in [2.75, 3.05) is 7.11 Å². The van der Waals surface area contributed by atoms with E-state index in [4.69, 9.17) is 0 Å². The molecule has 0 unspecified atom stereocenters. The smallest absolute Gasteiger partial charge is 0.305 e. The molecule has 0 fully saturated rings. The minimum absolute atomic E-state index is 0.183. The van der Waals surface area contributed by atoms with Crippen molar-refractivity contribution >= 4 is 5.97 Å². The van der Waals surface area contributed by atoms with Gasteiger partial charge in [0.2, 0.25) is 0 Å². The van der Waals surface area contributed by atoms with Crippen LogP contribution in [0.4, 0.5) is 0 Å². The van der Waals surface area contributed by atoms with Crippen LogP contribution in [0.3, 0.4) is 0 Å². The number of hydrogen-bond acceptors (Lipinski definition) is 2. The molecule has 0 spiro atoms. The van der Waals surface area contributed by atoms with Crippen LogP contribution < -0.4 is 0 Å². The van der Waals surface area contributed by atoms with Gasteiger partial charge in [0.05, 0.1) is 7.11 Å². The van der Waals surface area contributed by atoms with Gasteiger partial charge in [0, 0.05) is 19.3 Å².